The van der Waals surface area contributed by atoms with Crippen molar-refractivity contribution in [1.29, 1.82) is 0 Å². The lowest BCUT2D eigenvalue weighted by molar-refractivity contribution is -0.135. The fourth-order valence-electron chi connectivity index (χ4n) is 3.93. The molecule has 1 aliphatic rings. The highest BCUT2D eigenvalue weighted by atomic mass is 16.5. The van der Waals surface area contributed by atoms with Crippen LogP contribution >= 0.6 is 0 Å². The van der Waals surface area contributed by atoms with Gasteiger partial charge in [-0.25, -0.2) is 0 Å². The molecule has 25 heavy (non-hydrogen) atoms. The maximum atomic E-state index is 13.4. The van der Waals surface area contributed by atoms with E-state index < -0.39 is 0 Å². The topological polar surface area (TPSA) is 49.6 Å². The molecule has 0 saturated heterocycles. The smallest absolute Gasteiger partial charge is 0.230 e. The number of para-hydroxylation sites is 1. The van der Waals surface area contributed by atoms with E-state index in [4.69, 9.17) is 4.52 Å². The van der Waals surface area contributed by atoms with Crippen molar-refractivity contribution in [3.8, 4) is 0 Å². The van der Waals surface area contributed by atoms with Gasteiger partial charge in [0.25, 0.3) is 0 Å². The van der Waals surface area contributed by atoms with Gasteiger partial charge in [-0.15, -0.1) is 0 Å². The number of rotatable bonds is 3. The zero-order valence-electron chi connectivity index (χ0n) is 15.7. The standard InChI is InChI=1S/C20H27N3O2/c1-6-17-12-22(5)18-10-8-7-9-16(18)11-23(17)20(24)13(2)19-14(3)21-25-15(19)4/h7-10,13,17H,6,11-12H2,1-5H3/t13-,17-/m0/s1. The Hall–Kier alpha value is -2.30. The highest BCUT2D eigenvalue weighted by Gasteiger charge is 2.33. The fraction of sp³-hybridized carbons (Fsp3) is 0.500. The van der Waals surface area contributed by atoms with Crippen molar-refractivity contribution in [1.82, 2.24) is 10.1 Å². The number of aromatic nitrogens is 1. The van der Waals surface area contributed by atoms with E-state index in [1.807, 2.05) is 31.7 Å². The number of hydrogen-bond donors (Lipinski definition) is 0. The van der Waals surface area contributed by atoms with Crippen LogP contribution in [0.2, 0.25) is 0 Å². The Bertz CT molecular complexity index is 749. The number of carbonyl (C=O) groups excluding carboxylic acids is 1. The summed E-state index contributed by atoms with van der Waals surface area (Å²) in [5.74, 6) is 0.626. The minimum atomic E-state index is -0.254. The van der Waals surface area contributed by atoms with Gasteiger partial charge in [0.05, 0.1) is 11.6 Å². The second kappa shape index (κ2) is 6.90. The molecule has 3 rings (SSSR count). The molecule has 2 heterocycles. The average molecular weight is 341 g/mol. The number of amides is 1. The van der Waals surface area contributed by atoms with Gasteiger partial charge in [-0.1, -0.05) is 30.3 Å². The number of likely N-dealkylation sites (N-methyl/N-ethyl adjacent to an activating group) is 1. The first-order valence-corrected chi connectivity index (χ1v) is 8.96. The monoisotopic (exact) mass is 341 g/mol. The van der Waals surface area contributed by atoms with Crippen molar-refractivity contribution in [2.75, 3.05) is 18.5 Å². The number of aryl methyl sites for hydroxylation is 2. The zero-order chi connectivity index (χ0) is 18.1. The van der Waals surface area contributed by atoms with Crippen molar-refractivity contribution in [2.45, 2.75) is 52.6 Å². The van der Waals surface area contributed by atoms with Crippen LogP contribution in [0.15, 0.2) is 28.8 Å². The summed E-state index contributed by atoms with van der Waals surface area (Å²) in [6, 6.07) is 8.53. The predicted octanol–water partition coefficient (Wildman–Crippen LogP) is 3.65. The SMILES string of the molecule is CC[C@H]1CN(C)c2ccccc2CN1C(=O)[C@@H](C)c1c(C)noc1C. The molecule has 2 atom stereocenters. The van der Waals surface area contributed by atoms with Crippen molar-refractivity contribution < 1.29 is 9.32 Å². The minimum Gasteiger partial charge on any atom is -0.372 e. The third kappa shape index (κ3) is 3.15. The third-order valence-electron chi connectivity index (χ3n) is 5.32. The molecular weight excluding hydrogens is 314 g/mol. The number of benzene rings is 1. The molecule has 0 spiro atoms. The largest absolute Gasteiger partial charge is 0.372 e. The van der Waals surface area contributed by atoms with Gasteiger partial charge in [-0.3, -0.25) is 4.79 Å². The molecule has 134 valence electrons. The van der Waals surface area contributed by atoms with Crippen molar-refractivity contribution >= 4 is 11.6 Å². The Labute approximate surface area is 149 Å². The van der Waals surface area contributed by atoms with Crippen molar-refractivity contribution in [2.24, 2.45) is 0 Å². The molecule has 1 amide bonds. The second-order valence-electron chi connectivity index (χ2n) is 7.00. The summed E-state index contributed by atoms with van der Waals surface area (Å²) < 4.78 is 5.28. The van der Waals surface area contributed by atoms with E-state index >= 15 is 0 Å². The van der Waals surface area contributed by atoms with Crippen LogP contribution in [0.5, 0.6) is 0 Å². The van der Waals surface area contributed by atoms with E-state index in [0.29, 0.717) is 6.54 Å². The van der Waals surface area contributed by atoms with Gasteiger partial charge in [0.2, 0.25) is 5.91 Å². The number of nitrogens with zero attached hydrogens (tertiary/aromatic N) is 3. The first-order chi connectivity index (χ1) is 11.9. The lowest BCUT2D eigenvalue weighted by Gasteiger charge is -2.32. The van der Waals surface area contributed by atoms with Gasteiger partial charge < -0.3 is 14.3 Å². The molecule has 0 fully saturated rings. The van der Waals surface area contributed by atoms with Crippen LogP contribution in [-0.2, 0) is 11.3 Å². The lowest BCUT2D eigenvalue weighted by atomic mass is 9.96. The summed E-state index contributed by atoms with van der Waals surface area (Å²) in [6.07, 6.45) is 0.929. The van der Waals surface area contributed by atoms with E-state index in [-0.39, 0.29) is 17.9 Å². The molecule has 0 N–H and O–H groups in total. The van der Waals surface area contributed by atoms with E-state index in [1.54, 1.807) is 0 Å². The Balaban J connectivity index is 1.95. The molecule has 0 saturated carbocycles. The van der Waals surface area contributed by atoms with Gasteiger partial charge in [0.1, 0.15) is 5.76 Å². The van der Waals surface area contributed by atoms with Gasteiger partial charge in [0, 0.05) is 37.4 Å². The lowest BCUT2D eigenvalue weighted by Crippen LogP contribution is -2.45. The highest BCUT2D eigenvalue weighted by Crippen LogP contribution is 2.31. The predicted molar refractivity (Wildman–Crippen MR) is 98.7 cm³/mol. The first-order valence-electron chi connectivity index (χ1n) is 8.96. The van der Waals surface area contributed by atoms with E-state index in [2.05, 4.69) is 42.2 Å². The Morgan fingerprint density at radius 3 is 2.72 bits per heavy atom. The van der Waals surface area contributed by atoms with Crippen LogP contribution < -0.4 is 4.90 Å². The number of fused-ring (bicyclic) bond motifs is 1. The van der Waals surface area contributed by atoms with Crippen molar-refractivity contribution in [3.63, 3.8) is 0 Å². The maximum absolute atomic E-state index is 13.4. The van der Waals surface area contributed by atoms with Crippen LogP contribution in [0.3, 0.4) is 0 Å². The van der Waals surface area contributed by atoms with Gasteiger partial charge in [-0.05, 0) is 38.8 Å². The molecule has 0 bridgehead atoms. The quantitative estimate of drug-likeness (QED) is 0.855. The van der Waals surface area contributed by atoms with E-state index in [0.717, 1.165) is 30.0 Å². The summed E-state index contributed by atoms with van der Waals surface area (Å²) in [7, 11) is 2.10. The minimum absolute atomic E-state index is 0.145. The fourth-order valence-corrected chi connectivity index (χ4v) is 3.93. The number of hydrogen-bond acceptors (Lipinski definition) is 4. The normalized spacial score (nSPS) is 18.7. The van der Waals surface area contributed by atoms with E-state index in [1.165, 1.54) is 11.3 Å². The Morgan fingerprint density at radius 1 is 1.36 bits per heavy atom. The van der Waals surface area contributed by atoms with Gasteiger partial charge in [0.15, 0.2) is 0 Å². The first kappa shape index (κ1) is 17.5. The number of carbonyl (C=O) groups is 1. The molecule has 5 heteroatoms. The average Bonchev–Trinajstić information content (AvgIpc) is 2.86. The molecule has 2 aromatic rings. The molecule has 0 unspecified atom stereocenters. The Morgan fingerprint density at radius 2 is 2.08 bits per heavy atom. The zero-order valence-corrected chi connectivity index (χ0v) is 15.7. The van der Waals surface area contributed by atoms with Gasteiger partial charge >= 0.3 is 0 Å². The summed E-state index contributed by atoms with van der Waals surface area (Å²) >= 11 is 0. The number of anilines is 1. The van der Waals surface area contributed by atoms with Crippen LogP contribution in [0.4, 0.5) is 5.69 Å². The molecule has 1 aliphatic heterocycles. The summed E-state index contributed by atoms with van der Waals surface area (Å²) in [5, 5.41) is 4.02. The second-order valence-corrected chi connectivity index (χ2v) is 7.00. The van der Waals surface area contributed by atoms with Crippen LogP contribution in [0.25, 0.3) is 0 Å². The summed E-state index contributed by atoms with van der Waals surface area (Å²) in [6.45, 7) is 9.37. The maximum Gasteiger partial charge on any atom is 0.230 e. The molecule has 5 nitrogen and oxygen atoms in total. The molecule has 1 aromatic carbocycles. The van der Waals surface area contributed by atoms with Crippen LogP contribution in [-0.4, -0.2) is 35.6 Å². The Kier molecular flexibility index (Phi) is 4.84. The molecule has 0 aliphatic carbocycles. The molecule has 0 radical (unpaired) electrons. The summed E-state index contributed by atoms with van der Waals surface area (Å²) in [5.41, 5.74) is 4.13. The van der Waals surface area contributed by atoms with Crippen molar-refractivity contribution in [3.05, 3.63) is 46.8 Å². The van der Waals surface area contributed by atoms with Gasteiger partial charge in [-0.2, -0.15) is 0 Å². The molecular formula is C20H27N3O2. The third-order valence-corrected chi connectivity index (χ3v) is 5.32. The summed E-state index contributed by atoms with van der Waals surface area (Å²) in [4.78, 5) is 17.7. The molecule has 1 aromatic heterocycles. The van der Waals surface area contributed by atoms with Crippen LogP contribution in [0.1, 0.15) is 48.8 Å². The van der Waals surface area contributed by atoms with E-state index in [9.17, 15) is 4.79 Å². The highest BCUT2D eigenvalue weighted by molar-refractivity contribution is 5.84. The van der Waals surface area contributed by atoms with Crippen LogP contribution in [0, 0.1) is 13.8 Å².